The highest BCUT2D eigenvalue weighted by molar-refractivity contribution is 9.10. The lowest BCUT2D eigenvalue weighted by Crippen LogP contribution is -2.50. The van der Waals surface area contributed by atoms with Crippen molar-refractivity contribution in [2.75, 3.05) is 23.7 Å². The van der Waals surface area contributed by atoms with Gasteiger partial charge >= 0.3 is 0 Å². The minimum Gasteiger partial charge on any atom is -0.342 e. The number of hydrazine groups is 1. The molecule has 0 bridgehead atoms. The maximum Gasteiger partial charge on any atom is 0.233 e. The van der Waals surface area contributed by atoms with Gasteiger partial charge in [-0.1, -0.05) is 34.6 Å². The first-order chi connectivity index (χ1) is 13.9. The number of halogens is 1. The molecule has 1 amide bonds. The van der Waals surface area contributed by atoms with E-state index in [-0.39, 0.29) is 24.0 Å². The molecule has 0 aliphatic carbocycles. The van der Waals surface area contributed by atoms with Crippen LogP contribution in [0.1, 0.15) is 26.7 Å². The molecule has 1 aromatic rings. The smallest absolute Gasteiger partial charge is 0.233 e. The fourth-order valence-electron chi connectivity index (χ4n) is 4.01. The number of fused-ring (bicyclic) bond motifs is 1. The van der Waals surface area contributed by atoms with E-state index in [1.54, 1.807) is 0 Å². The number of aliphatic imine (C=N–C) groups is 1. The Labute approximate surface area is 184 Å². The lowest BCUT2D eigenvalue weighted by Gasteiger charge is -2.36. The van der Waals surface area contributed by atoms with Gasteiger partial charge in [-0.15, -0.1) is 0 Å². The number of nitrogens with one attached hydrogen (secondary N) is 3. The molecular weight excluding hydrogens is 452 g/mol. The van der Waals surface area contributed by atoms with E-state index < -0.39 is 0 Å². The highest BCUT2D eigenvalue weighted by Gasteiger charge is 2.43. The summed E-state index contributed by atoms with van der Waals surface area (Å²) in [6.45, 7) is 5.98. The summed E-state index contributed by atoms with van der Waals surface area (Å²) in [5, 5.41) is 9.57. The molecule has 9 heteroatoms. The molecule has 3 unspecified atom stereocenters. The van der Waals surface area contributed by atoms with Crippen LogP contribution in [0.4, 0.5) is 5.69 Å². The summed E-state index contributed by atoms with van der Waals surface area (Å²) >= 11 is 4.90. The Morgan fingerprint density at radius 3 is 2.62 bits per heavy atom. The zero-order chi connectivity index (χ0) is 20.5. The second-order valence-electron chi connectivity index (χ2n) is 8.01. The summed E-state index contributed by atoms with van der Waals surface area (Å²) < 4.78 is 0.987. The Hall–Kier alpha value is -1.42. The first-order valence-corrected chi connectivity index (χ1v) is 11.9. The van der Waals surface area contributed by atoms with Gasteiger partial charge in [-0.05, 0) is 49.9 Å². The number of nitrogens with zero attached hydrogens (tertiary/aromatic N) is 3. The Morgan fingerprint density at radius 2 is 1.93 bits per heavy atom. The summed E-state index contributed by atoms with van der Waals surface area (Å²) in [5.74, 6) is 1.64. The molecule has 1 aromatic carbocycles. The van der Waals surface area contributed by atoms with Gasteiger partial charge in [0.1, 0.15) is 12.0 Å². The SMILES string of the molecule is CC1CCN(C(=O)CSC2=NC3NNC(C)C3C(=N)N2c2ccc(Br)cc2)CC1. The fraction of sp³-hybridized carbons (Fsp3) is 0.550. The van der Waals surface area contributed by atoms with E-state index in [4.69, 9.17) is 10.4 Å². The van der Waals surface area contributed by atoms with Crippen molar-refractivity contribution in [3.8, 4) is 0 Å². The van der Waals surface area contributed by atoms with E-state index in [1.165, 1.54) is 11.8 Å². The molecule has 0 spiro atoms. The maximum absolute atomic E-state index is 12.7. The lowest BCUT2D eigenvalue weighted by molar-refractivity contribution is -0.129. The van der Waals surface area contributed by atoms with E-state index in [0.29, 0.717) is 22.7 Å². The number of hydrogen-bond acceptors (Lipinski definition) is 6. The lowest BCUT2D eigenvalue weighted by atomic mass is 9.97. The monoisotopic (exact) mass is 478 g/mol. The van der Waals surface area contributed by atoms with Crippen LogP contribution in [0.15, 0.2) is 33.7 Å². The van der Waals surface area contributed by atoms with Gasteiger partial charge in [-0.2, -0.15) is 0 Å². The predicted octanol–water partition coefficient (Wildman–Crippen LogP) is 3.03. The number of carbonyl (C=O) groups excluding carboxylic acids is 1. The average Bonchev–Trinajstić information content (AvgIpc) is 3.08. The van der Waals surface area contributed by atoms with Gasteiger partial charge in [-0.3, -0.25) is 20.5 Å². The highest BCUT2D eigenvalue weighted by atomic mass is 79.9. The molecule has 0 radical (unpaired) electrons. The number of anilines is 1. The number of amides is 1. The summed E-state index contributed by atoms with van der Waals surface area (Å²) in [6, 6.07) is 7.99. The quantitative estimate of drug-likeness (QED) is 0.621. The van der Waals surface area contributed by atoms with Crippen molar-refractivity contribution in [2.45, 2.75) is 38.9 Å². The molecule has 3 aliphatic heterocycles. The molecule has 4 rings (SSSR count). The summed E-state index contributed by atoms with van der Waals surface area (Å²) in [5.41, 5.74) is 7.27. The normalized spacial score (nSPS) is 27.8. The Kier molecular flexibility index (Phi) is 6.29. The van der Waals surface area contributed by atoms with E-state index >= 15 is 0 Å². The number of hydrogen-bond donors (Lipinski definition) is 3. The third-order valence-corrected chi connectivity index (χ3v) is 7.35. The van der Waals surface area contributed by atoms with Crippen LogP contribution in [0.25, 0.3) is 0 Å². The number of rotatable bonds is 3. The van der Waals surface area contributed by atoms with Crippen molar-refractivity contribution in [3.05, 3.63) is 28.7 Å². The molecule has 7 nitrogen and oxygen atoms in total. The van der Waals surface area contributed by atoms with Crippen LogP contribution < -0.4 is 15.8 Å². The van der Waals surface area contributed by atoms with Crippen LogP contribution in [0.3, 0.4) is 0 Å². The molecule has 0 saturated carbocycles. The predicted molar refractivity (Wildman–Crippen MR) is 122 cm³/mol. The van der Waals surface area contributed by atoms with Crippen LogP contribution in [0.2, 0.25) is 0 Å². The van der Waals surface area contributed by atoms with Gasteiger partial charge in [0.05, 0.1) is 11.7 Å². The number of likely N-dealkylation sites (tertiary alicyclic amines) is 1. The third-order valence-electron chi connectivity index (χ3n) is 5.88. The molecular formula is C20H27BrN6OS. The number of benzene rings is 1. The van der Waals surface area contributed by atoms with Crippen molar-refractivity contribution in [2.24, 2.45) is 16.8 Å². The van der Waals surface area contributed by atoms with Crippen LogP contribution in [0, 0.1) is 17.2 Å². The third kappa shape index (κ3) is 4.38. The molecule has 3 aliphatic rings. The molecule has 2 fully saturated rings. The van der Waals surface area contributed by atoms with Crippen LogP contribution in [0.5, 0.6) is 0 Å². The van der Waals surface area contributed by atoms with Gasteiger partial charge in [0, 0.05) is 29.3 Å². The average molecular weight is 479 g/mol. The van der Waals surface area contributed by atoms with E-state index in [1.807, 2.05) is 34.1 Å². The number of amidine groups is 2. The number of thioether (sulfide) groups is 1. The maximum atomic E-state index is 12.7. The Balaban J connectivity index is 1.53. The van der Waals surface area contributed by atoms with Crippen LogP contribution in [-0.2, 0) is 4.79 Å². The molecule has 0 aromatic heterocycles. The minimum absolute atomic E-state index is 0.0534. The van der Waals surface area contributed by atoms with Gasteiger partial charge in [0.2, 0.25) is 5.91 Å². The molecule has 2 saturated heterocycles. The molecule has 3 atom stereocenters. The molecule has 156 valence electrons. The van der Waals surface area contributed by atoms with Crippen LogP contribution >= 0.6 is 27.7 Å². The minimum atomic E-state index is -0.183. The van der Waals surface area contributed by atoms with Gasteiger partial charge in [0.25, 0.3) is 0 Å². The second kappa shape index (κ2) is 8.75. The zero-order valence-corrected chi connectivity index (χ0v) is 19.1. The Morgan fingerprint density at radius 1 is 1.24 bits per heavy atom. The standard InChI is InChI=1S/C20H27BrN6OS/c1-12-7-9-26(10-8-12)16(28)11-29-20-23-19-17(13(2)24-25-19)18(22)27(20)15-5-3-14(21)4-6-15/h3-6,12-13,17,19,22,24-25H,7-11H2,1-2H3. The first kappa shape index (κ1) is 20.8. The summed E-state index contributed by atoms with van der Waals surface area (Å²) in [6.07, 6.45) is 1.96. The van der Waals surface area contributed by atoms with Gasteiger partial charge in [-0.25, -0.2) is 10.4 Å². The van der Waals surface area contributed by atoms with Crippen molar-refractivity contribution in [1.29, 1.82) is 5.41 Å². The van der Waals surface area contributed by atoms with Crippen molar-refractivity contribution in [1.82, 2.24) is 15.8 Å². The van der Waals surface area contributed by atoms with Crippen LogP contribution in [-0.4, -0.2) is 52.9 Å². The zero-order valence-electron chi connectivity index (χ0n) is 16.7. The molecule has 3 N–H and O–H groups in total. The first-order valence-electron chi connectivity index (χ1n) is 10.1. The van der Waals surface area contributed by atoms with E-state index in [0.717, 1.165) is 36.1 Å². The molecule has 29 heavy (non-hydrogen) atoms. The van der Waals surface area contributed by atoms with Crippen molar-refractivity contribution < 1.29 is 4.79 Å². The van der Waals surface area contributed by atoms with Gasteiger partial charge < -0.3 is 4.90 Å². The van der Waals surface area contributed by atoms with Gasteiger partial charge in [0.15, 0.2) is 5.17 Å². The largest absolute Gasteiger partial charge is 0.342 e. The fourth-order valence-corrected chi connectivity index (χ4v) is 5.24. The van der Waals surface area contributed by atoms with E-state index in [2.05, 4.69) is 40.6 Å². The molecule has 3 heterocycles. The number of piperidine rings is 1. The number of carbonyl (C=O) groups is 1. The summed E-state index contributed by atoms with van der Waals surface area (Å²) in [4.78, 5) is 21.5. The highest BCUT2D eigenvalue weighted by Crippen LogP contribution is 2.32. The summed E-state index contributed by atoms with van der Waals surface area (Å²) in [7, 11) is 0. The second-order valence-corrected chi connectivity index (χ2v) is 9.87. The van der Waals surface area contributed by atoms with Crippen molar-refractivity contribution >= 4 is 50.3 Å². The Bertz CT molecular complexity index is 808. The van der Waals surface area contributed by atoms with Crippen molar-refractivity contribution in [3.63, 3.8) is 0 Å². The van der Waals surface area contributed by atoms with E-state index in [9.17, 15) is 4.79 Å². The topological polar surface area (TPSA) is 83.8 Å².